The minimum atomic E-state index is -4.74. The molecular formula is C17H16F3N5O3. The first-order chi connectivity index (χ1) is 13.2. The van der Waals surface area contributed by atoms with Gasteiger partial charge in [-0.2, -0.15) is 23.4 Å². The molecule has 1 heterocycles. The lowest BCUT2D eigenvalue weighted by Crippen LogP contribution is -2.42. The molecule has 2 amide bonds. The Balaban J connectivity index is 2.30. The second-order valence-electron chi connectivity index (χ2n) is 5.48. The topological polar surface area (TPSA) is 95.5 Å². The normalized spacial score (nSPS) is 12.1. The second kappa shape index (κ2) is 8.53. The summed E-state index contributed by atoms with van der Waals surface area (Å²) in [5, 5.41) is 13.8. The van der Waals surface area contributed by atoms with Crippen molar-refractivity contribution in [2.75, 3.05) is 20.7 Å². The molecule has 28 heavy (non-hydrogen) atoms. The Morgan fingerprint density at radius 2 is 2.07 bits per heavy atom. The Labute approximate surface area is 158 Å². The van der Waals surface area contributed by atoms with E-state index in [0.29, 0.717) is 5.56 Å². The molecule has 11 heteroatoms. The third-order valence-electron chi connectivity index (χ3n) is 3.70. The van der Waals surface area contributed by atoms with Gasteiger partial charge in [-0.3, -0.25) is 9.74 Å². The van der Waals surface area contributed by atoms with E-state index in [-0.39, 0.29) is 17.9 Å². The maximum absolute atomic E-state index is 12.6. The van der Waals surface area contributed by atoms with E-state index in [4.69, 9.17) is 4.84 Å². The van der Waals surface area contributed by atoms with Crippen LogP contribution in [0.25, 0.3) is 11.4 Å². The van der Waals surface area contributed by atoms with Crippen LogP contribution in [-0.2, 0) is 11.0 Å². The van der Waals surface area contributed by atoms with Gasteiger partial charge in [-0.15, -0.1) is 6.58 Å². The molecule has 1 aromatic heterocycles. The number of benzene rings is 1. The van der Waals surface area contributed by atoms with Crippen molar-refractivity contribution in [3.63, 3.8) is 0 Å². The number of aromatic nitrogens is 2. The highest BCUT2D eigenvalue weighted by Crippen LogP contribution is 2.30. The number of amides is 2. The van der Waals surface area contributed by atoms with Crippen molar-refractivity contribution in [3.05, 3.63) is 48.4 Å². The van der Waals surface area contributed by atoms with E-state index in [1.165, 1.54) is 49.4 Å². The van der Waals surface area contributed by atoms with E-state index in [1.807, 2.05) is 6.07 Å². The number of rotatable bonds is 6. The minimum Gasteiger partial charge on any atom is -0.329 e. The lowest BCUT2D eigenvalue weighted by Gasteiger charge is -2.29. The minimum absolute atomic E-state index is 0.0757. The second-order valence-corrected chi connectivity index (χ2v) is 5.48. The first kappa shape index (κ1) is 20.9. The Hall–Kier alpha value is -3.39. The monoisotopic (exact) mass is 395 g/mol. The van der Waals surface area contributed by atoms with Crippen LogP contribution in [-0.4, -0.2) is 46.8 Å². The van der Waals surface area contributed by atoms with Gasteiger partial charge in [0.1, 0.15) is 6.04 Å². The zero-order valence-corrected chi connectivity index (χ0v) is 15.0. The average Bonchev–Trinajstić information content (AvgIpc) is 3.18. The van der Waals surface area contributed by atoms with Crippen molar-refractivity contribution in [1.82, 2.24) is 20.1 Å². The van der Waals surface area contributed by atoms with Gasteiger partial charge in [-0.05, 0) is 5.56 Å². The molecule has 0 N–H and O–H groups in total. The highest BCUT2D eigenvalue weighted by Gasteiger charge is 2.38. The van der Waals surface area contributed by atoms with E-state index in [1.54, 1.807) is 0 Å². The number of urea groups is 1. The van der Waals surface area contributed by atoms with Crippen LogP contribution in [0.5, 0.6) is 0 Å². The van der Waals surface area contributed by atoms with Crippen molar-refractivity contribution in [3.8, 4) is 17.5 Å². The molecule has 0 spiro atoms. The van der Waals surface area contributed by atoms with Gasteiger partial charge in [0.25, 0.3) is 0 Å². The first-order valence-corrected chi connectivity index (χ1v) is 7.83. The fraction of sp³-hybridized carbons (Fsp3) is 0.294. The molecule has 0 bridgehead atoms. The zero-order valence-electron chi connectivity index (χ0n) is 15.0. The predicted octanol–water partition coefficient (Wildman–Crippen LogP) is 3.42. The maximum Gasteiger partial charge on any atom is 0.471 e. The van der Waals surface area contributed by atoms with Crippen LogP contribution < -0.4 is 0 Å². The molecule has 8 nitrogen and oxygen atoms in total. The summed E-state index contributed by atoms with van der Waals surface area (Å²) >= 11 is 0. The van der Waals surface area contributed by atoms with E-state index in [2.05, 4.69) is 21.2 Å². The summed E-state index contributed by atoms with van der Waals surface area (Å²) in [7, 11) is 2.70. The van der Waals surface area contributed by atoms with Gasteiger partial charge in [0.2, 0.25) is 5.82 Å². The lowest BCUT2D eigenvalue weighted by molar-refractivity contribution is -0.159. The van der Waals surface area contributed by atoms with Crippen molar-refractivity contribution in [2.24, 2.45) is 0 Å². The Bertz CT molecular complexity index is 873. The standard InChI is InChI=1S/C17H16F3N5O3/c1-4-9-25(16(26)24(2)27-3)13(10-21)11-5-7-12(8-6-11)14-22-15(28-23-14)17(18,19)20/h4-8,13H,1,9H2,2-3H3. The highest BCUT2D eigenvalue weighted by molar-refractivity contribution is 5.74. The molecule has 0 aliphatic carbocycles. The largest absolute Gasteiger partial charge is 0.471 e. The summed E-state index contributed by atoms with van der Waals surface area (Å²) < 4.78 is 41.9. The third kappa shape index (κ3) is 4.47. The fourth-order valence-electron chi connectivity index (χ4n) is 2.29. The maximum atomic E-state index is 12.6. The van der Waals surface area contributed by atoms with Gasteiger partial charge in [-0.1, -0.05) is 35.5 Å². The van der Waals surface area contributed by atoms with Gasteiger partial charge in [0.05, 0.1) is 13.2 Å². The molecule has 1 aromatic carbocycles. The van der Waals surface area contributed by atoms with Gasteiger partial charge in [0, 0.05) is 19.2 Å². The lowest BCUT2D eigenvalue weighted by atomic mass is 10.0. The summed E-state index contributed by atoms with van der Waals surface area (Å²) in [6, 6.07) is 6.32. The Morgan fingerprint density at radius 3 is 2.54 bits per heavy atom. The van der Waals surface area contributed by atoms with Crippen LogP contribution in [0.15, 0.2) is 41.4 Å². The molecular weight excluding hydrogens is 379 g/mol. The summed E-state index contributed by atoms with van der Waals surface area (Å²) in [6.07, 6.45) is -3.28. The van der Waals surface area contributed by atoms with Gasteiger partial charge in [-0.25, -0.2) is 9.86 Å². The summed E-state index contributed by atoms with van der Waals surface area (Å²) in [6.45, 7) is 3.65. The van der Waals surface area contributed by atoms with Crippen LogP contribution in [0.4, 0.5) is 18.0 Å². The van der Waals surface area contributed by atoms with Crippen molar-refractivity contribution < 1.29 is 27.3 Å². The van der Waals surface area contributed by atoms with Gasteiger partial charge < -0.3 is 4.52 Å². The number of carbonyl (C=O) groups is 1. The molecule has 2 aromatic rings. The number of hydrogen-bond acceptors (Lipinski definition) is 6. The summed E-state index contributed by atoms with van der Waals surface area (Å²) in [5.41, 5.74) is 0.695. The van der Waals surface area contributed by atoms with E-state index in [0.717, 1.165) is 5.06 Å². The Kier molecular flexibility index (Phi) is 6.37. The SMILES string of the molecule is C=CCN(C(=O)N(C)OC)C(C#N)c1ccc(-c2noc(C(F)(F)F)n2)cc1. The third-order valence-corrected chi connectivity index (χ3v) is 3.70. The number of alkyl halides is 3. The van der Waals surface area contributed by atoms with E-state index < -0.39 is 24.1 Å². The molecule has 1 unspecified atom stereocenters. The number of nitriles is 1. The van der Waals surface area contributed by atoms with Crippen LogP contribution in [0.3, 0.4) is 0 Å². The predicted molar refractivity (Wildman–Crippen MR) is 90.2 cm³/mol. The number of hydroxylamine groups is 2. The number of hydrogen-bond donors (Lipinski definition) is 0. The molecule has 1 atom stereocenters. The Morgan fingerprint density at radius 1 is 1.43 bits per heavy atom. The van der Waals surface area contributed by atoms with Gasteiger partial charge >= 0.3 is 18.1 Å². The quantitative estimate of drug-likeness (QED) is 0.549. The summed E-state index contributed by atoms with van der Waals surface area (Å²) in [5.74, 6) is -1.70. The van der Waals surface area contributed by atoms with E-state index in [9.17, 15) is 23.2 Å². The van der Waals surface area contributed by atoms with Crippen LogP contribution in [0, 0.1) is 11.3 Å². The number of halogens is 3. The van der Waals surface area contributed by atoms with Crippen molar-refractivity contribution >= 4 is 6.03 Å². The molecule has 2 rings (SSSR count). The van der Waals surface area contributed by atoms with E-state index >= 15 is 0 Å². The van der Waals surface area contributed by atoms with Crippen molar-refractivity contribution in [1.29, 1.82) is 5.26 Å². The number of nitrogens with zero attached hydrogens (tertiary/aromatic N) is 5. The smallest absolute Gasteiger partial charge is 0.329 e. The van der Waals surface area contributed by atoms with Crippen LogP contribution in [0.2, 0.25) is 0 Å². The zero-order chi connectivity index (χ0) is 20.9. The molecule has 0 aliphatic heterocycles. The highest BCUT2D eigenvalue weighted by atomic mass is 19.4. The molecule has 0 radical (unpaired) electrons. The molecule has 0 saturated carbocycles. The van der Waals surface area contributed by atoms with Crippen LogP contribution >= 0.6 is 0 Å². The molecule has 0 aliphatic rings. The van der Waals surface area contributed by atoms with Crippen molar-refractivity contribution in [2.45, 2.75) is 12.2 Å². The van der Waals surface area contributed by atoms with Crippen LogP contribution in [0.1, 0.15) is 17.5 Å². The first-order valence-electron chi connectivity index (χ1n) is 7.83. The average molecular weight is 395 g/mol. The molecule has 0 saturated heterocycles. The molecule has 148 valence electrons. The fourth-order valence-corrected chi connectivity index (χ4v) is 2.29. The summed E-state index contributed by atoms with van der Waals surface area (Å²) in [4.78, 5) is 21.8. The molecule has 0 fully saturated rings. The number of carbonyl (C=O) groups excluding carboxylic acids is 1. The van der Waals surface area contributed by atoms with Gasteiger partial charge in [0.15, 0.2) is 0 Å².